The van der Waals surface area contributed by atoms with Crippen LogP contribution in [0.5, 0.6) is 0 Å². The van der Waals surface area contributed by atoms with Crippen molar-refractivity contribution in [3.05, 3.63) is 11.8 Å². The Morgan fingerprint density at radius 1 is 1.78 bits per heavy atom. The minimum Gasteiger partial charge on any atom is -0.409 e. The lowest BCUT2D eigenvalue weighted by Gasteiger charge is -2.21. The fourth-order valence-electron chi connectivity index (χ4n) is 1.83. The number of carbonyl (C=O) groups is 1. The number of hydrogen-bond donors (Lipinski definition) is 4. The minimum atomic E-state index is -0.423. The molecule has 0 aromatic carbocycles. The summed E-state index contributed by atoms with van der Waals surface area (Å²) in [4.78, 5) is 12.2. The van der Waals surface area contributed by atoms with E-state index >= 15 is 0 Å². The molecule has 1 saturated heterocycles. The predicted octanol–water partition coefficient (Wildman–Crippen LogP) is 0.728. The fourth-order valence-corrected chi connectivity index (χ4v) is 3.04. The van der Waals surface area contributed by atoms with Crippen LogP contribution in [-0.2, 0) is 4.79 Å². The molecule has 1 atom stereocenters. The van der Waals surface area contributed by atoms with E-state index in [2.05, 4.69) is 20.7 Å². The summed E-state index contributed by atoms with van der Waals surface area (Å²) >= 11 is 1.64. The number of amides is 1. The Hall–Kier alpha value is -1.70. The zero-order valence-electron chi connectivity index (χ0n) is 9.93. The average Bonchev–Trinajstić information content (AvgIpc) is 2.98. The van der Waals surface area contributed by atoms with Crippen LogP contribution in [0.1, 0.15) is 25.3 Å². The number of hydrogen-bond acceptors (Lipinski definition) is 5. The standard InChI is InChI=1S/C10H15N5O2S/c1-10(3-2-4-18-10)9(16)13-8-6(5-12-14-8)7(11)15-17/h5,17H,2-4H2,1H3,(H2,11,15)(H2,12,13,14,16). The number of aromatic amines is 1. The van der Waals surface area contributed by atoms with Crippen LogP contribution in [0.25, 0.3) is 0 Å². The Morgan fingerprint density at radius 2 is 2.56 bits per heavy atom. The third kappa shape index (κ3) is 2.28. The van der Waals surface area contributed by atoms with Crippen molar-refractivity contribution < 1.29 is 10.0 Å². The average molecular weight is 269 g/mol. The third-order valence-corrected chi connectivity index (χ3v) is 4.48. The van der Waals surface area contributed by atoms with Gasteiger partial charge in [-0.3, -0.25) is 9.89 Å². The van der Waals surface area contributed by atoms with Gasteiger partial charge in [-0.25, -0.2) is 0 Å². The molecule has 2 rings (SSSR count). The van der Waals surface area contributed by atoms with E-state index in [0.717, 1.165) is 18.6 Å². The molecule has 0 saturated carbocycles. The molecule has 1 aliphatic heterocycles. The summed E-state index contributed by atoms with van der Waals surface area (Å²) in [5.41, 5.74) is 5.86. The lowest BCUT2D eigenvalue weighted by molar-refractivity contribution is -0.118. The summed E-state index contributed by atoms with van der Waals surface area (Å²) < 4.78 is -0.423. The zero-order chi connectivity index (χ0) is 13.2. The van der Waals surface area contributed by atoms with Crippen molar-refractivity contribution in [2.75, 3.05) is 11.1 Å². The van der Waals surface area contributed by atoms with Crippen LogP contribution in [0.3, 0.4) is 0 Å². The number of carbonyl (C=O) groups excluding carboxylic acids is 1. The molecule has 98 valence electrons. The number of H-pyrrole nitrogens is 1. The summed E-state index contributed by atoms with van der Waals surface area (Å²) in [6, 6.07) is 0. The normalized spacial score (nSPS) is 24.2. The molecule has 0 bridgehead atoms. The van der Waals surface area contributed by atoms with Gasteiger partial charge in [-0.05, 0) is 25.5 Å². The van der Waals surface area contributed by atoms with Crippen LogP contribution < -0.4 is 11.1 Å². The zero-order valence-corrected chi connectivity index (χ0v) is 10.8. The highest BCUT2D eigenvalue weighted by Gasteiger charge is 2.37. The highest BCUT2D eigenvalue weighted by Crippen LogP contribution is 2.38. The molecule has 0 radical (unpaired) electrons. The van der Waals surface area contributed by atoms with Gasteiger partial charge >= 0.3 is 0 Å². The maximum absolute atomic E-state index is 12.2. The van der Waals surface area contributed by atoms with E-state index < -0.39 is 4.75 Å². The van der Waals surface area contributed by atoms with Crippen molar-refractivity contribution >= 4 is 29.3 Å². The lowest BCUT2D eigenvalue weighted by atomic mass is 10.0. The summed E-state index contributed by atoms with van der Waals surface area (Å²) in [5.74, 6) is 1.15. The Balaban J connectivity index is 2.15. The van der Waals surface area contributed by atoms with E-state index in [4.69, 9.17) is 10.9 Å². The molecule has 0 spiro atoms. The fraction of sp³-hybridized carbons (Fsp3) is 0.500. The van der Waals surface area contributed by atoms with Gasteiger partial charge in [-0.2, -0.15) is 5.10 Å². The van der Waals surface area contributed by atoms with E-state index in [0.29, 0.717) is 11.4 Å². The van der Waals surface area contributed by atoms with Gasteiger partial charge < -0.3 is 16.3 Å². The lowest BCUT2D eigenvalue weighted by Crippen LogP contribution is -2.35. The molecular weight excluding hydrogens is 254 g/mol. The van der Waals surface area contributed by atoms with Gasteiger partial charge in [-0.1, -0.05) is 5.16 Å². The first-order valence-electron chi connectivity index (χ1n) is 5.53. The van der Waals surface area contributed by atoms with Crippen molar-refractivity contribution in [1.82, 2.24) is 10.2 Å². The minimum absolute atomic E-state index is 0.0942. The molecule has 1 aromatic heterocycles. The first-order valence-corrected chi connectivity index (χ1v) is 6.52. The van der Waals surface area contributed by atoms with Crippen LogP contribution >= 0.6 is 11.8 Å². The first kappa shape index (κ1) is 12.7. The molecule has 18 heavy (non-hydrogen) atoms. The SMILES string of the molecule is CC1(C(=O)Nc2[nH]ncc2C(N)=NO)CCCS1. The number of oxime groups is 1. The van der Waals surface area contributed by atoms with Crippen LogP contribution in [0.4, 0.5) is 5.82 Å². The topological polar surface area (TPSA) is 116 Å². The van der Waals surface area contributed by atoms with Crippen molar-refractivity contribution in [1.29, 1.82) is 0 Å². The van der Waals surface area contributed by atoms with Gasteiger partial charge in [0.15, 0.2) is 5.84 Å². The third-order valence-electron chi connectivity index (χ3n) is 2.96. The maximum Gasteiger partial charge on any atom is 0.241 e. The molecule has 1 fully saturated rings. The van der Waals surface area contributed by atoms with Crippen LogP contribution in [0.15, 0.2) is 11.4 Å². The largest absolute Gasteiger partial charge is 0.409 e. The Morgan fingerprint density at radius 3 is 3.17 bits per heavy atom. The predicted molar refractivity (Wildman–Crippen MR) is 69.8 cm³/mol. The number of rotatable bonds is 3. The van der Waals surface area contributed by atoms with E-state index in [1.54, 1.807) is 11.8 Å². The maximum atomic E-state index is 12.2. The van der Waals surface area contributed by atoms with Crippen LogP contribution in [0, 0.1) is 0 Å². The van der Waals surface area contributed by atoms with Gasteiger partial charge in [0.2, 0.25) is 5.91 Å². The molecule has 1 aromatic rings. The van der Waals surface area contributed by atoms with Gasteiger partial charge in [-0.15, -0.1) is 11.8 Å². The molecule has 1 amide bonds. The summed E-state index contributed by atoms with van der Waals surface area (Å²) in [6.45, 7) is 1.92. The Labute approximate surface area is 108 Å². The second kappa shape index (κ2) is 4.89. The molecule has 0 aliphatic carbocycles. The molecule has 1 aliphatic rings. The molecule has 8 heteroatoms. The van der Waals surface area contributed by atoms with Crippen LogP contribution in [0.2, 0.25) is 0 Å². The number of anilines is 1. The van der Waals surface area contributed by atoms with Crippen molar-refractivity contribution in [3.8, 4) is 0 Å². The number of thioether (sulfide) groups is 1. The summed E-state index contributed by atoms with van der Waals surface area (Å²) in [5, 5.41) is 20.7. The molecule has 5 N–H and O–H groups in total. The van der Waals surface area contributed by atoms with E-state index in [-0.39, 0.29) is 11.7 Å². The monoisotopic (exact) mass is 269 g/mol. The Kier molecular flexibility index (Phi) is 3.46. The molecule has 7 nitrogen and oxygen atoms in total. The van der Waals surface area contributed by atoms with Crippen molar-refractivity contribution in [3.63, 3.8) is 0 Å². The van der Waals surface area contributed by atoms with Crippen molar-refractivity contribution in [2.45, 2.75) is 24.5 Å². The highest BCUT2D eigenvalue weighted by atomic mass is 32.2. The molecule has 2 heterocycles. The summed E-state index contributed by atoms with van der Waals surface area (Å²) in [7, 11) is 0. The first-order chi connectivity index (χ1) is 8.57. The summed E-state index contributed by atoms with van der Waals surface area (Å²) in [6.07, 6.45) is 3.27. The number of nitrogens with zero attached hydrogens (tertiary/aromatic N) is 2. The van der Waals surface area contributed by atoms with E-state index in [9.17, 15) is 4.79 Å². The van der Waals surface area contributed by atoms with Crippen LogP contribution in [-0.4, -0.2) is 37.6 Å². The van der Waals surface area contributed by atoms with Crippen molar-refractivity contribution in [2.24, 2.45) is 10.9 Å². The smallest absolute Gasteiger partial charge is 0.241 e. The quantitative estimate of drug-likeness (QED) is 0.279. The second-order valence-corrected chi connectivity index (χ2v) is 5.88. The van der Waals surface area contributed by atoms with E-state index in [1.807, 2.05) is 6.92 Å². The van der Waals surface area contributed by atoms with Gasteiger partial charge in [0, 0.05) is 0 Å². The number of nitrogens with two attached hydrogens (primary N) is 1. The van der Waals surface area contributed by atoms with Gasteiger partial charge in [0.25, 0.3) is 0 Å². The molecule has 1 unspecified atom stereocenters. The number of aromatic nitrogens is 2. The molecular formula is C10H15N5O2S. The van der Waals surface area contributed by atoms with Gasteiger partial charge in [0.1, 0.15) is 5.82 Å². The second-order valence-electron chi connectivity index (χ2n) is 4.28. The van der Waals surface area contributed by atoms with Gasteiger partial charge in [0.05, 0.1) is 16.5 Å². The number of amidine groups is 1. The Bertz CT molecular complexity index is 478. The number of nitrogens with one attached hydrogen (secondary N) is 2. The van der Waals surface area contributed by atoms with E-state index in [1.165, 1.54) is 6.20 Å². The highest BCUT2D eigenvalue weighted by molar-refractivity contribution is 8.01.